The van der Waals surface area contributed by atoms with E-state index < -0.39 is 0 Å². The maximum absolute atomic E-state index is 12.8. The molecule has 0 aromatic carbocycles. The Labute approximate surface area is 132 Å². The normalized spacial score (nSPS) is 27.9. The SMILES string of the molecule is Cc1ccsc1[C@@H]1C[C@@H]1C(=O)N1CCC[C@@H](c2nn[nH]n2)C1. The smallest absolute Gasteiger partial charge is 0.226 e. The van der Waals surface area contributed by atoms with E-state index in [1.807, 2.05) is 4.90 Å². The third kappa shape index (κ3) is 2.43. The van der Waals surface area contributed by atoms with Gasteiger partial charge in [0.15, 0.2) is 5.82 Å². The van der Waals surface area contributed by atoms with E-state index in [2.05, 4.69) is 39.0 Å². The number of piperidine rings is 1. The topological polar surface area (TPSA) is 74.8 Å². The maximum Gasteiger partial charge on any atom is 0.226 e. The molecule has 1 aliphatic carbocycles. The number of aromatic nitrogens is 4. The first-order valence-corrected chi connectivity index (χ1v) is 8.68. The molecule has 1 aliphatic heterocycles. The minimum Gasteiger partial charge on any atom is -0.342 e. The number of aromatic amines is 1. The van der Waals surface area contributed by atoms with Crippen LogP contribution in [0.15, 0.2) is 11.4 Å². The van der Waals surface area contributed by atoms with E-state index >= 15 is 0 Å². The molecule has 3 heterocycles. The Morgan fingerprint density at radius 1 is 1.50 bits per heavy atom. The number of tetrazole rings is 1. The lowest BCUT2D eigenvalue weighted by Gasteiger charge is -2.31. The van der Waals surface area contributed by atoms with Gasteiger partial charge in [0, 0.05) is 35.7 Å². The summed E-state index contributed by atoms with van der Waals surface area (Å²) < 4.78 is 0. The average Bonchev–Trinajstić information content (AvgIpc) is 2.95. The second kappa shape index (κ2) is 5.46. The van der Waals surface area contributed by atoms with Crippen molar-refractivity contribution < 1.29 is 4.79 Å². The fraction of sp³-hybridized carbons (Fsp3) is 0.600. The Balaban J connectivity index is 1.42. The van der Waals surface area contributed by atoms with Gasteiger partial charge in [0.25, 0.3) is 0 Å². The number of thiophene rings is 1. The van der Waals surface area contributed by atoms with Crippen molar-refractivity contribution in [2.75, 3.05) is 13.1 Å². The number of aryl methyl sites for hydroxylation is 1. The fourth-order valence-corrected chi connectivity index (χ4v) is 4.60. The van der Waals surface area contributed by atoms with Crippen molar-refractivity contribution in [3.8, 4) is 0 Å². The molecule has 116 valence electrons. The van der Waals surface area contributed by atoms with Gasteiger partial charge < -0.3 is 4.90 Å². The van der Waals surface area contributed by atoms with Gasteiger partial charge in [-0.15, -0.1) is 21.5 Å². The molecule has 2 aromatic heterocycles. The number of rotatable bonds is 3. The maximum atomic E-state index is 12.8. The zero-order valence-corrected chi connectivity index (χ0v) is 13.3. The first kappa shape index (κ1) is 13.9. The molecule has 1 saturated carbocycles. The summed E-state index contributed by atoms with van der Waals surface area (Å²) in [5, 5.41) is 16.4. The third-order valence-electron chi connectivity index (χ3n) is 4.81. The molecule has 4 rings (SSSR count). The summed E-state index contributed by atoms with van der Waals surface area (Å²) in [6.45, 7) is 3.73. The summed E-state index contributed by atoms with van der Waals surface area (Å²) in [6, 6.07) is 2.15. The lowest BCUT2D eigenvalue weighted by atomic mass is 9.97. The molecule has 6 nitrogen and oxygen atoms in total. The quantitative estimate of drug-likeness (QED) is 0.940. The summed E-state index contributed by atoms with van der Waals surface area (Å²) in [7, 11) is 0. The van der Waals surface area contributed by atoms with Crippen molar-refractivity contribution in [2.24, 2.45) is 5.92 Å². The molecular formula is C15H19N5OS. The second-order valence-electron chi connectivity index (χ2n) is 6.31. The highest BCUT2D eigenvalue weighted by molar-refractivity contribution is 7.10. The number of H-pyrrole nitrogens is 1. The first-order chi connectivity index (χ1) is 10.7. The zero-order chi connectivity index (χ0) is 15.1. The van der Waals surface area contributed by atoms with Crippen LogP contribution >= 0.6 is 11.3 Å². The summed E-state index contributed by atoms with van der Waals surface area (Å²) >= 11 is 1.78. The van der Waals surface area contributed by atoms with Crippen LogP contribution in [0.5, 0.6) is 0 Å². The predicted octanol–water partition coefficient (Wildman–Crippen LogP) is 2.08. The Kier molecular flexibility index (Phi) is 3.44. The largest absolute Gasteiger partial charge is 0.342 e. The predicted molar refractivity (Wildman–Crippen MR) is 82.6 cm³/mol. The van der Waals surface area contributed by atoms with Crippen LogP contribution in [0.4, 0.5) is 0 Å². The number of nitrogens with one attached hydrogen (secondary N) is 1. The highest BCUT2D eigenvalue weighted by Crippen LogP contribution is 2.51. The lowest BCUT2D eigenvalue weighted by Crippen LogP contribution is -2.40. The fourth-order valence-electron chi connectivity index (χ4n) is 3.49. The van der Waals surface area contributed by atoms with Gasteiger partial charge >= 0.3 is 0 Å². The molecule has 0 unspecified atom stereocenters. The summed E-state index contributed by atoms with van der Waals surface area (Å²) in [5.41, 5.74) is 1.33. The number of carbonyl (C=O) groups is 1. The zero-order valence-electron chi connectivity index (χ0n) is 12.5. The number of carbonyl (C=O) groups excluding carboxylic acids is 1. The van der Waals surface area contributed by atoms with Crippen molar-refractivity contribution >= 4 is 17.2 Å². The third-order valence-corrected chi connectivity index (χ3v) is 5.96. The Hall–Kier alpha value is -1.76. The van der Waals surface area contributed by atoms with Crippen LogP contribution in [0.3, 0.4) is 0 Å². The van der Waals surface area contributed by atoms with Crippen molar-refractivity contribution in [1.29, 1.82) is 0 Å². The summed E-state index contributed by atoms with van der Waals surface area (Å²) in [5.74, 6) is 1.89. The Morgan fingerprint density at radius 3 is 3.14 bits per heavy atom. The number of hydrogen-bond donors (Lipinski definition) is 1. The van der Waals surface area contributed by atoms with E-state index in [0.717, 1.165) is 38.2 Å². The first-order valence-electron chi connectivity index (χ1n) is 7.80. The average molecular weight is 317 g/mol. The van der Waals surface area contributed by atoms with E-state index in [0.29, 0.717) is 11.8 Å². The van der Waals surface area contributed by atoms with Crippen LogP contribution in [0, 0.1) is 12.8 Å². The second-order valence-corrected chi connectivity index (χ2v) is 7.26. The number of hydrogen-bond acceptors (Lipinski definition) is 5. The van der Waals surface area contributed by atoms with Crippen molar-refractivity contribution in [2.45, 2.75) is 38.0 Å². The van der Waals surface area contributed by atoms with Gasteiger partial charge in [-0.05, 0) is 43.2 Å². The Morgan fingerprint density at radius 2 is 2.41 bits per heavy atom. The molecule has 1 N–H and O–H groups in total. The molecule has 3 atom stereocenters. The monoisotopic (exact) mass is 317 g/mol. The van der Waals surface area contributed by atoms with Gasteiger partial charge in [-0.1, -0.05) is 5.21 Å². The van der Waals surface area contributed by atoms with Gasteiger partial charge in [-0.3, -0.25) is 4.79 Å². The molecule has 7 heteroatoms. The summed E-state index contributed by atoms with van der Waals surface area (Å²) in [4.78, 5) is 16.2. The van der Waals surface area contributed by atoms with Crippen molar-refractivity contribution in [1.82, 2.24) is 25.5 Å². The number of likely N-dealkylation sites (tertiary alicyclic amines) is 1. The Bertz CT molecular complexity index is 667. The van der Waals surface area contributed by atoms with E-state index in [1.165, 1.54) is 10.4 Å². The van der Waals surface area contributed by atoms with E-state index in [9.17, 15) is 4.79 Å². The van der Waals surface area contributed by atoms with Crippen LogP contribution < -0.4 is 0 Å². The van der Waals surface area contributed by atoms with Gasteiger partial charge in [-0.2, -0.15) is 5.21 Å². The molecule has 0 bridgehead atoms. The van der Waals surface area contributed by atoms with Crippen molar-refractivity contribution in [3.63, 3.8) is 0 Å². The summed E-state index contributed by atoms with van der Waals surface area (Å²) in [6.07, 6.45) is 3.05. The van der Waals surface area contributed by atoms with Gasteiger partial charge in [0.2, 0.25) is 5.91 Å². The lowest BCUT2D eigenvalue weighted by molar-refractivity contribution is -0.133. The van der Waals surface area contributed by atoms with Crippen molar-refractivity contribution in [3.05, 3.63) is 27.7 Å². The highest BCUT2D eigenvalue weighted by atomic mass is 32.1. The van der Waals surface area contributed by atoms with Gasteiger partial charge in [0.1, 0.15) is 0 Å². The molecule has 2 aliphatic rings. The van der Waals surface area contributed by atoms with Gasteiger partial charge in [0.05, 0.1) is 0 Å². The van der Waals surface area contributed by atoms with Crippen LogP contribution in [-0.4, -0.2) is 44.5 Å². The molecule has 1 amide bonds. The number of amides is 1. The molecule has 22 heavy (non-hydrogen) atoms. The van der Waals surface area contributed by atoms with Crippen LogP contribution in [-0.2, 0) is 4.79 Å². The minimum absolute atomic E-state index is 0.182. The van der Waals surface area contributed by atoms with Gasteiger partial charge in [-0.25, -0.2) is 0 Å². The molecule has 1 saturated heterocycles. The molecule has 2 fully saturated rings. The minimum atomic E-state index is 0.182. The van der Waals surface area contributed by atoms with E-state index in [1.54, 1.807) is 11.3 Å². The standard InChI is InChI=1S/C15H19N5OS/c1-9-4-6-22-13(9)11-7-12(11)15(21)20-5-2-3-10(8-20)14-16-18-19-17-14/h4,6,10-12H,2-3,5,7-8H2,1H3,(H,16,17,18,19)/t10-,11-,12+/m1/s1. The molecule has 0 spiro atoms. The van der Waals surface area contributed by atoms with E-state index in [4.69, 9.17) is 0 Å². The van der Waals surface area contributed by atoms with Crippen LogP contribution in [0.2, 0.25) is 0 Å². The van der Waals surface area contributed by atoms with Crippen LogP contribution in [0.1, 0.15) is 47.4 Å². The molecule has 2 aromatic rings. The molecule has 0 radical (unpaired) electrons. The number of nitrogens with zero attached hydrogens (tertiary/aromatic N) is 4. The van der Waals surface area contributed by atoms with E-state index in [-0.39, 0.29) is 11.8 Å². The molecular weight excluding hydrogens is 298 g/mol. The van der Waals surface area contributed by atoms with Crippen LogP contribution in [0.25, 0.3) is 0 Å². The highest BCUT2D eigenvalue weighted by Gasteiger charge is 2.47.